The van der Waals surface area contributed by atoms with E-state index in [4.69, 9.17) is 0 Å². The Kier molecular flexibility index (Phi) is 19.7. The van der Waals surface area contributed by atoms with Crippen molar-refractivity contribution in [3.8, 4) is 0 Å². The predicted octanol–water partition coefficient (Wildman–Crippen LogP) is -4.69. The van der Waals surface area contributed by atoms with Crippen molar-refractivity contribution >= 4 is 0 Å². The van der Waals surface area contributed by atoms with Gasteiger partial charge in [-0.2, -0.15) is 6.08 Å². The van der Waals surface area contributed by atoms with Crippen molar-refractivity contribution in [2.45, 2.75) is 6.42 Å². The second-order valence-corrected chi connectivity index (χ2v) is 1.00. The Morgan fingerprint density at radius 1 is 1.25 bits per heavy atom. The minimum atomic E-state index is 0. The molecule has 1 aliphatic rings. The number of rotatable bonds is 0. The molecular formula is C5H5F2Ru. The third-order valence-electron chi connectivity index (χ3n) is 0.586. The number of allylic oxidation sites excluding steroid dienone is 4. The van der Waals surface area contributed by atoms with E-state index < -0.39 is 0 Å². The first-order chi connectivity index (χ1) is 2.50. The first-order valence-corrected chi connectivity index (χ1v) is 1.72. The average molecular weight is 204 g/mol. The van der Waals surface area contributed by atoms with Crippen LogP contribution in [-0.4, -0.2) is 0 Å². The molecule has 0 saturated heterocycles. The SMILES string of the molecule is [C-]1=CC=CC1.[F-].[F-].[Ru+3]. The molecule has 0 atom stereocenters. The molecule has 0 aromatic carbocycles. The quantitative estimate of drug-likeness (QED) is 0.275. The van der Waals surface area contributed by atoms with E-state index in [1.807, 2.05) is 12.2 Å². The van der Waals surface area contributed by atoms with Gasteiger partial charge in [0.05, 0.1) is 0 Å². The molecule has 8 heavy (non-hydrogen) atoms. The summed E-state index contributed by atoms with van der Waals surface area (Å²) < 4.78 is 0. The Balaban J connectivity index is -0.0000000833. The molecule has 0 unspecified atom stereocenters. The van der Waals surface area contributed by atoms with E-state index in [1.165, 1.54) is 0 Å². The first kappa shape index (κ1) is 15.7. The Morgan fingerprint density at radius 3 is 2.00 bits per heavy atom. The number of hydrogen-bond acceptors (Lipinski definition) is 0. The molecule has 0 bridgehead atoms. The zero-order valence-electron chi connectivity index (χ0n) is 4.05. The molecule has 1 aliphatic carbocycles. The monoisotopic (exact) mass is 205 g/mol. The van der Waals surface area contributed by atoms with E-state index in [-0.39, 0.29) is 28.9 Å². The van der Waals surface area contributed by atoms with E-state index in [2.05, 4.69) is 12.2 Å². The molecule has 0 aromatic heterocycles. The van der Waals surface area contributed by atoms with E-state index in [0.717, 1.165) is 6.42 Å². The second-order valence-electron chi connectivity index (χ2n) is 1.00. The standard InChI is InChI=1S/C5H5.2FH.Ru/c1-2-4-5-3-1;;;/h1-3H,4H2;2*1H;/q-1;;;+3/p-2. The third kappa shape index (κ3) is 5.96. The van der Waals surface area contributed by atoms with Crippen molar-refractivity contribution in [1.29, 1.82) is 0 Å². The summed E-state index contributed by atoms with van der Waals surface area (Å²) in [6, 6.07) is 0. The van der Waals surface area contributed by atoms with E-state index >= 15 is 0 Å². The van der Waals surface area contributed by atoms with Gasteiger partial charge in [0.2, 0.25) is 0 Å². The van der Waals surface area contributed by atoms with Crippen LogP contribution in [0.3, 0.4) is 0 Å². The Labute approximate surface area is 60.2 Å². The van der Waals surface area contributed by atoms with Crippen LogP contribution in [0.5, 0.6) is 0 Å². The summed E-state index contributed by atoms with van der Waals surface area (Å²) in [5.41, 5.74) is 0. The minimum absolute atomic E-state index is 0. The summed E-state index contributed by atoms with van der Waals surface area (Å²) in [6.07, 6.45) is 10.0. The van der Waals surface area contributed by atoms with Gasteiger partial charge >= 0.3 is 19.5 Å². The Hall–Kier alpha value is -0.0366. The molecular weight excluding hydrogens is 199 g/mol. The average Bonchev–Trinajstić information content (AvgIpc) is 1.76. The molecule has 0 spiro atoms. The van der Waals surface area contributed by atoms with Gasteiger partial charge in [-0.15, -0.1) is 6.42 Å². The fraction of sp³-hybridized carbons (Fsp3) is 0.200. The van der Waals surface area contributed by atoms with Crippen LogP contribution in [0.15, 0.2) is 18.2 Å². The number of halogens is 2. The topological polar surface area (TPSA) is 0 Å². The van der Waals surface area contributed by atoms with Crippen LogP contribution in [0.1, 0.15) is 6.42 Å². The zero-order chi connectivity index (χ0) is 3.54. The molecule has 1 rings (SSSR count). The van der Waals surface area contributed by atoms with Gasteiger partial charge in [0.25, 0.3) is 0 Å². The molecule has 3 heteroatoms. The van der Waals surface area contributed by atoms with E-state index in [1.54, 1.807) is 0 Å². The summed E-state index contributed by atoms with van der Waals surface area (Å²) in [6.45, 7) is 0. The fourth-order valence-electron chi connectivity index (χ4n) is 0.340. The van der Waals surface area contributed by atoms with Gasteiger partial charge < -0.3 is 9.41 Å². The predicted molar refractivity (Wildman–Crippen MR) is 21.6 cm³/mol. The van der Waals surface area contributed by atoms with Gasteiger partial charge in [-0.05, 0) is 0 Å². The summed E-state index contributed by atoms with van der Waals surface area (Å²) in [5.74, 6) is 0. The van der Waals surface area contributed by atoms with Gasteiger partial charge in [0, 0.05) is 0 Å². The molecule has 0 saturated carbocycles. The van der Waals surface area contributed by atoms with Gasteiger partial charge in [0.15, 0.2) is 0 Å². The first-order valence-electron chi connectivity index (χ1n) is 1.72. The molecule has 47 valence electrons. The second kappa shape index (κ2) is 10.1. The van der Waals surface area contributed by atoms with Crippen molar-refractivity contribution < 1.29 is 28.9 Å². The van der Waals surface area contributed by atoms with Crippen LogP contribution < -0.4 is 9.41 Å². The number of hydrogen-bond donors (Lipinski definition) is 0. The van der Waals surface area contributed by atoms with Crippen LogP contribution in [0.25, 0.3) is 0 Å². The van der Waals surface area contributed by atoms with Crippen molar-refractivity contribution in [2.24, 2.45) is 0 Å². The summed E-state index contributed by atoms with van der Waals surface area (Å²) in [5, 5.41) is 0. The van der Waals surface area contributed by atoms with Gasteiger partial charge in [-0.1, -0.05) is 0 Å². The van der Waals surface area contributed by atoms with Crippen LogP contribution in [-0.2, 0) is 19.5 Å². The largest absolute Gasteiger partial charge is 3.00 e. The molecule has 0 N–H and O–H groups in total. The smallest absolute Gasteiger partial charge is 1.00 e. The van der Waals surface area contributed by atoms with Gasteiger partial charge in [-0.25, -0.2) is 12.2 Å². The third-order valence-corrected chi connectivity index (χ3v) is 0.586. The molecule has 0 aliphatic heterocycles. The Bertz CT molecular complexity index is 68.5. The normalized spacial score (nSPS) is 11.0. The van der Waals surface area contributed by atoms with E-state index in [0.29, 0.717) is 0 Å². The van der Waals surface area contributed by atoms with Crippen molar-refractivity contribution in [2.75, 3.05) is 0 Å². The van der Waals surface area contributed by atoms with Crippen molar-refractivity contribution in [1.82, 2.24) is 0 Å². The Morgan fingerprint density at radius 2 is 1.88 bits per heavy atom. The van der Waals surface area contributed by atoms with Crippen LogP contribution >= 0.6 is 0 Å². The summed E-state index contributed by atoms with van der Waals surface area (Å²) in [4.78, 5) is 0. The maximum atomic E-state index is 2.99. The van der Waals surface area contributed by atoms with E-state index in [9.17, 15) is 0 Å². The molecule has 0 fully saturated rings. The van der Waals surface area contributed by atoms with Crippen LogP contribution in [0.2, 0.25) is 0 Å². The zero-order valence-corrected chi connectivity index (χ0v) is 5.79. The van der Waals surface area contributed by atoms with Gasteiger partial charge in [-0.3, -0.25) is 6.08 Å². The van der Waals surface area contributed by atoms with Crippen molar-refractivity contribution in [3.05, 3.63) is 24.3 Å². The maximum Gasteiger partial charge on any atom is 3.00 e. The van der Waals surface area contributed by atoms with Crippen molar-refractivity contribution in [3.63, 3.8) is 0 Å². The van der Waals surface area contributed by atoms with Crippen LogP contribution in [0, 0.1) is 6.08 Å². The molecule has 0 amide bonds. The fourth-order valence-corrected chi connectivity index (χ4v) is 0.340. The maximum absolute atomic E-state index is 2.99. The molecule has 1 radical (unpaired) electrons. The summed E-state index contributed by atoms with van der Waals surface area (Å²) >= 11 is 0. The minimum Gasteiger partial charge on any atom is -1.00 e. The molecule has 0 aromatic rings. The molecule has 0 heterocycles. The van der Waals surface area contributed by atoms with Gasteiger partial charge in [0.1, 0.15) is 0 Å². The molecule has 0 nitrogen and oxygen atoms in total. The summed E-state index contributed by atoms with van der Waals surface area (Å²) in [7, 11) is 0. The van der Waals surface area contributed by atoms with Crippen LogP contribution in [0.4, 0.5) is 0 Å².